The molecule has 8 heteroatoms. The number of carbonyl (C=O) groups is 2. The maximum atomic E-state index is 11.9. The second-order valence-electron chi connectivity index (χ2n) is 4.55. The minimum absolute atomic E-state index is 0.0874. The third-order valence-electron chi connectivity index (χ3n) is 3.62. The molecule has 0 amide bonds. The Bertz CT molecular complexity index is 397. The van der Waals surface area contributed by atoms with Crippen LogP contribution in [0.1, 0.15) is 12.8 Å². The summed E-state index contributed by atoms with van der Waals surface area (Å²) in [6, 6.07) is 0. The van der Waals surface area contributed by atoms with Gasteiger partial charge in [-0.15, -0.1) is 0 Å². The van der Waals surface area contributed by atoms with Crippen molar-refractivity contribution in [1.29, 1.82) is 0 Å². The summed E-state index contributed by atoms with van der Waals surface area (Å²) in [7, 11) is 0. The van der Waals surface area contributed by atoms with Gasteiger partial charge in [0, 0.05) is 6.42 Å². The van der Waals surface area contributed by atoms with E-state index in [9.17, 15) is 19.8 Å². The summed E-state index contributed by atoms with van der Waals surface area (Å²) in [5.41, 5.74) is -1.73. The zero-order valence-electron chi connectivity index (χ0n) is 9.27. The highest BCUT2D eigenvalue weighted by Crippen LogP contribution is 2.51. The molecule has 0 aromatic carbocycles. The molecule has 3 saturated heterocycles. The third kappa shape index (κ3) is 1.23. The number of hydrogen-bond acceptors (Lipinski definition) is 8. The fourth-order valence-corrected chi connectivity index (χ4v) is 2.74. The summed E-state index contributed by atoms with van der Waals surface area (Å²) < 4.78 is 20.0. The summed E-state index contributed by atoms with van der Waals surface area (Å²) in [5.74, 6) is -2.85. The second-order valence-corrected chi connectivity index (χ2v) is 4.55. The Morgan fingerprint density at radius 2 is 2.28 bits per heavy atom. The monoisotopic (exact) mass is 260 g/mol. The van der Waals surface area contributed by atoms with Gasteiger partial charge in [-0.25, -0.2) is 4.79 Å². The van der Waals surface area contributed by atoms with Crippen LogP contribution in [0, 0.1) is 0 Å². The average molecular weight is 260 g/mol. The van der Waals surface area contributed by atoms with Crippen LogP contribution < -0.4 is 0 Å². The molecule has 100 valence electrons. The van der Waals surface area contributed by atoms with Gasteiger partial charge in [-0.3, -0.25) is 4.79 Å². The molecule has 0 aromatic heterocycles. The first-order valence-electron chi connectivity index (χ1n) is 5.56. The van der Waals surface area contributed by atoms with Crippen molar-refractivity contribution in [2.24, 2.45) is 0 Å². The molecule has 3 rings (SSSR count). The quantitative estimate of drug-likeness (QED) is 0.435. The lowest BCUT2D eigenvalue weighted by Crippen LogP contribution is -2.58. The lowest BCUT2D eigenvalue weighted by atomic mass is 9.88. The first kappa shape index (κ1) is 11.8. The molecule has 5 atom stereocenters. The van der Waals surface area contributed by atoms with E-state index in [2.05, 4.69) is 4.74 Å². The van der Waals surface area contributed by atoms with Crippen LogP contribution in [-0.4, -0.2) is 59.1 Å². The van der Waals surface area contributed by atoms with Gasteiger partial charge in [-0.1, -0.05) is 0 Å². The number of rotatable bonds is 2. The molecule has 3 heterocycles. The number of carbonyl (C=O) groups excluding carboxylic acids is 2. The van der Waals surface area contributed by atoms with Gasteiger partial charge in [0.1, 0.15) is 6.10 Å². The molecule has 1 spiro atoms. The van der Waals surface area contributed by atoms with E-state index in [0.717, 1.165) is 0 Å². The number of fused-ring (bicyclic) bond motifs is 2. The van der Waals surface area contributed by atoms with Gasteiger partial charge in [-0.05, 0) is 6.42 Å². The molecular weight excluding hydrogens is 248 g/mol. The van der Waals surface area contributed by atoms with Crippen molar-refractivity contribution in [3.8, 4) is 0 Å². The summed E-state index contributed by atoms with van der Waals surface area (Å²) in [6.45, 7) is 0.0502. The fraction of sp³-hybridized carbons (Fsp3) is 0.800. The van der Waals surface area contributed by atoms with Crippen molar-refractivity contribution in [1.82, 2.24) is 0 Å². The van der Waals surface area contributed by atoms with E-state index in [1.165, 1.54) is 0 Å². The van der Waals surface area contributed by atoms with Crippen molar-refractivity contribution >= 4 is 12.4 Å². The molecule has 0 bridgehead atoms. The fourth-order valence-electron chi connectivity index (χ4n) is 2.74. The maximum absolute atomic E-state index is 11.9. The summed E-state index contributed by atoms with van der Waals surface area (Å²) in [5, 5.41) is 20.0. The number of ether oxygens (including phenoxy) is 4. The van der Waals surface area contributed by atoms with Gasteiger partial charge >= 0.3 is 5.97 Å². The van der Waals surface area contributed by atoms with Gasteiger partial charge in [0.15, 0.2) is 6.10 Å². The van der Waals surface area contributed by atoms with Crippen LogP contribution in [0.3, 0.4) is 0 Å². The molecule has 3 fully saturated rings. The van der Waals surface area contributed by atoms with E-state index < -0.39 is 35.9 Å². The minimum Gasteiger partial charge on any atom is -0.451 e. The van der Waals surface area contributed by atoms with Crippen molar-refractivity contribution in [2.75, 3.05) is 6.61 Å². The Hall–Kier alpha value is -1.22. The molecule has 2 N–H and O–H groups in total. The van der Waals surface area contributed by atoms with Crippen LogP contribution >= 0.6 is 0 Å². The van der Waals surface area contributed by atoms with Gasteiger partial charge in [-0.2, -0.15) is 0 Å². The third-order valence-corrected chi connectivity index (χ3v) is 3.62. The van der Waals surface area contributed by atoms with Gasteiger partial charge in [0.25, 0.3) is 6.47 Å². The van der Waals surface area contributed by atoms with Crippen molar-refractivity contribution in [2.45, 2.75) is 42.7 Å². The Morgan fingerprint density at radius 3 is 3.00 bits per heavy atom. The average Bonchev–Trinajstić information content (AvgIpc) is 2.94. The molecular formula is C10H12O8. The van der Waals surface area contributed by atoms with E-state index in [1.807, 2.05) is 0 Å². The van der Waals surface area contributed by atoms with Crippen LogP contribution in [0.25, 0.3) is 0 Å². The molecule has 3 aliphatic rings. The highest BCUT2D eigenvalue weighted by molar-refractivity contribution is 5.84. The van der Waals surface area contributed by atoms with Crippen LogP contribution in [0.15, 0.2) is 0 Å². The van der Waals surface area contributed by atoms with E-state index >= 15 is 0 Å². The predicted molar refractivity (Wildman–Crippen MR) is 50.8 cm³/mol. The first-order chi connectivity index (χ1) is 8.53. The largest absolute Gasteiger partial charge is 0.451 e. The highest BCUT2D eigenvalue weighted by Gasteiger charge is 2.76. The van der Waals surface area contributed by atoms with Gasteiger partial charge in [0.2, 0.25) is 17.7 Å². The van der Waals surface area contributed by atoms with Gasteiger partial charge < -0.3 is 29.2 Å². The zero-order valence-corrected chi connectivity index (χ0v) is 9.27. The maximum Gasteiger partial charge on any atom is 0.345 e. The highest BCUT2D eigenvalue weighted by atomic mass is 16.8. The van der Waals surface area contributed by atoms with Gasteiger partial charge in [0.05, 0.1) is 6.61 Å². The topological polar surface area (TPSA) is 112 Å². The van der Waals surface area contributed by atoms with Crippen LogP contribution in [0.2, 0.25) is 0 Å². The minimum atomic E-state index is -2.04. The number of esters is 1. The summed E-state index contributed by atoms with van der Waals surface area (Å²) in [4.78, 5) is 22.1. The van der Waals surface area contributed by atoms with Crippen LogP contribution in [-0.2, 0) is 28.5 Å². The molecule has 3 aliphatic heterocycles. The lowest BCUT2D eigenvalue weighted by molar-refractivity contribution is -0.285. The van der Waals surface area contributed by atoms with Crippen LogP contribution in [0.4, 0.5) is 0 Å². The zero-order chi connectivity index (χ0) is 13.0. The molecule has 8 nitrogen and oxygen atoms in total. The second kappa shape index (κ2) is 3.64. The van der Waals surface area contributed by atoms with Crippen molar-refractivity contribution < 1.29 is 38.7 Å². The van der Waals surface area contributed by atoms with E-state index in [1.54, 1.807) is 0 Å². The molecule has 18 heavy (non-hydrogen) atoms. The molecule has 0 aromatic rings. The summed E-state index contributed by atoms with van der Waals surface area (Å²) >= 11 is 0. The van der Waals surface area contributed by atoms with E-state index in [4.69, 9.17) is 14.2 Å². The van der Waals surface area contributed by atoms with Crippen LogP contribution in [0.5, 0.6) is 0 Å². The number of aliphatic hydroxyl groups excluding tert-OH is 1. The van der Waals surface area contributed by atoms with Crippen molar-refractivity contribution in [3.63, 3.8) is 0 Å². The van der Waals surface area contributed by atoms with E-state index in [-0.39, 0.29) is 25.9 Å². The number of hydrogen-bond donors (Lipinski definition) is 2. The smallest absolute Gasteiger partial charge is 0.345 e. The predicted octanol–water partition coefficient (Wildman–Crippen LogP) is -1.96. The molecule has 0 radical (unpaired) electrons. The number of aliphatic hydroxyl groups is 2. The Kier molecular flexibility index (Phi) is 2.39. The Morgan fingerprint density at radius 1 is 1.50 bits per heavy atom. The Balaban J connectivity index is 1.92. The van der Waals surface area contributed by atoms with Crippen molar-refractivity contribution in [3.05, 3.63) is 0 Å². The molecule has 0 aliphatic carbocycles. The molecule has 0 saturated carbocycles. The summed E-state index contributed by atoms with van der Waals surface area (Å²) in [6.07, 6.45) is -2.89. The lowest BCUT2D eigenvalue weighted by Gasteiger charge is -2.32. The normalized spacial score (nSPS) is 50.3. The SMILES string of the molecule is O=COC1CCC2(O1)C(=O)OC1C(O)COC12O. The van der Waals surface area contributed by atoms with E-state index in [0.29, 0.717) is 0 Å². The molecule has 5 unspecified atom stereocenters. The Labute approximate surface area is 101 Å². The first-order valence-corrected chi connectivity index (χ1v) is 5.56. The standard InChI is InChI=1S/C10H12O8/c11-4-15-6-1-2-9(18-6)8(13)17-7-5(12)3-16-10(7,9)14/h4-7,12,14H,1-3H2.